The van der Waals surface area contributed by atoms with E-state index in [0.717, 1.165) is 17.1 Å². The number of nitrogens with one attached hydrogen (secondary N) is 2. The molecular weight excluding hydrogens is 214 g/mol. The van der Waals surface area contributed by atoms with Crippen LogP contribution in [-0.2, 0) is 0 Å². The predicted molar refractivity (Wildman–Crippen MR) is 65.6 cm³/mol. The largest absolute Gasteiger partial charge is 0.367 e. The van der Waals surface area contributed by atoms with Crippen molar-refractivity contribution in [3.63, 3.8) is 0 Å². The van der Waals surface area contributed by atoms with Crippen molar-refractivity contribution in [1.29, 1.82) is 0 Å². The zero-order valence-electron chi connectivity index (χ0n) is 9.77. The molecule has 0 spiro atoms. The van der Waals surface area contributed by atoms with Gasteiger partial charge < -0.3 is 5.32 Å². The van der Waals surface area contributed by atoms with E-state index in [1.807, 2.05) is 19.1 Å². The predicted octanol–water partition coefficient (Wildman–Crippen LogP) is 2.14. The summed E-state index contributed by atoms with van der Waals surface area (Å²) in [6.45, 7) is 1.99. The van der Waals surface area contributed by atoms with Crippen LogP contribution in [0.3, 0.4) is 0 Å². The summed E-state index contributed by atoms with van der Waals surface area (Å²) in [5.74, 6) is 1.64. The molecule has 3 rings (SSSR count). The number of aryl methyl sites for hydroxylation is 1. The number of aromatic nitrogens is 4. The molecule has 2 aromatic rings. The summed E-state index contributed by atoms with van der Waals surface area (Å²) in [4.78, 5) is 8.65. The minimum absolute atomic E-state index is 0.587. The molecule has 0 amide bonds. The van der Waals surface area contributed by atoms with E-state index in [2.05, 4.69) is 25.5 Å². The highest BCUT2D eigenvalue weighted by atomic mass is 15.2. The first-order valence-corrected chi connectivity index (χ1v) is 5.92. The molecule has 0 bridgehead atoms. The number of hydrogen-bond donors (Lipinski definition) is 2. The number of aromatic amines is 1. The monoisotopic (exact) mass is 229 g/mol. The van der Waals surface area contributed by atoms with Crippen molar-refractivity contribution >= 4 is 5.82 Å². The van der Waals surface area contributed by atoms with Gasteiger partial charge in [-0.15, -0.1) is 0 Å². The molecule has 1 fully saturated rings. The molecule has 2 aromatic heterocycles. The lowest BCUT2D eigenvalue weighted by atomic mass is 9.93. The van der Waals surface area contributed by atoms with Gasteiger partial charge in [0.15, 0.2) is 5.82 Å². The summed E-state index contributed by atoms with van der Waals surface area (Å²) in [6.07, 6.45) is 5.39. The fraction of sp³-hybridized carbons (Fsp3) is 0.417. The highest BCUT2D eigenvalue weighted by Gasteiger charge is 2.17. The Morgan fingerprint density at radius 2 is 2.24 bits per heavy atom. The third kappa shape index (κ3) is 2.13. The minimum atomic E-state index is 0.587. The first kappa shape index (κ1) is 10.3. The van der Waals surface area contributed by atoms with Gasteiger partial charge in [-0.1, -0.05) is 0 Å². The second-order valence-electron chi connectivity index (χ2n) is 4.48. The van der Waals surface area contributed by atoms with Crippen LogP contribution < -0.4 is 5.32 Å². The quantitative estimate of drug-likeness (QED) is 0.846. The lowest BCUT2D eigenvalue weighted by Gasteiger charge is -2.27. The Balaban J connectivity index is 1.89. The molecule has 0 saturated heterocycles. The summed E-state index contributed by atoms with van der Waals surface area (Å²) in [5.41, 5.74) is 1.98. The zero-order chi connectivity index (χ0) is 11.7. The average molecular weight is 229 g/mol. The molecular formula is C12H15N5. The first-order valence-electron chi connectivity index (χ1n) is 5.92. The molecule has 0 atom stereocenters. The number of H-pyrrole nitrogens is 1. The number of rotatable bonds is 3. The number of pyridine rings is 1. The lowest BCUT2D eigenvalue weighted by Crippen LogP contribution is -2.27. The van der Waals surface area contributed by atoms with Crippen molar-refractivity contribution in [2.45, 2.75) is 32.2 Å². The number of nitrogens with zero attached hydrogens (tertiary/aromatic N) is 3. The van der Waals surface area contributed by atoms with Crippen molar-refractivity contribution in [2.24, 2.45) is 0 Å². The summed E-state index contributed by atoms with van der Waals surface area (Å²) in [6, 6.07) is 4.59. The summed E-state index contributed by atoms with van der Waals surface area (Å²) in [5, 5.41) is 10.3. The van der Waals surface area contributed by atoms with Gasteiger partial charge in [-0.2, -0.15) is 5.10 Å². The topological polar surface area (TPSA) is 66.5 Å². The van der Waals surface area contributed by atoms with Crippen LogP contribution in [0.4, 0.5) is 5.82 Å². The molecule has 0 unspecified atom stereocenters. The van der Waals surface area contributed by atoms with E-state index in [1.165, 1.54) is 19.3 Å². The fourth-order valence-corrected chi connectivity index (χ4v) is 1.98. The van der Waals surface area contributed by atoms with Gasteiger partial charge in [-0.05, 0) is 38.3 Å². The van der Waals surface area contributed by atoms with Crippen LogP contribution in [0.1, 0.15) is 25.0 Å². The van der Waals surface area contributed by atoms with E-state index in [0.29, 0.717) is 11.9 Å². The van der Waals surface area contributed by atoms with E-state index in [4.69, 9.17) is 0 Å². The Hall–Kier alpha value is -1.91. The van der Waals surface area contributed by atoms with Gasteiger partial charge in [-0.25, -0.2) is 9.97 Å². The molecule has 2 N–H and O–H groups in total. The van der Waals surface area contributed by atoms with Gasteiger partial charge >= 0.3 is 0 Å². The van der Waals surface area contributed by atoms with Gasteiger partial charge in [-0.3, -0.25) is 5.10 Å². The standard InChI is InChI=1S/C12H15N5/c1-8-5-9(12-13-7-14-17-12)6-11(15-8)16-10-3-2-4-10/h5-7,10H,2-4H2,1H3,(H,15,16)(H,13,14,17). The van der Waals surface area contributed by atoms with E-state index >= 15 is 0 Å². The van der Waals surface area contributed by atoms with E-state index in [1.54, 1.807) is 6.33 Å². The van der Waals surface area contributed by atoms with Crippen LogP contribution in [0.2, 0.25) is 0 Å². The van der Waals surface area contributed by atoms with E-state index in [-0.39, 0.29) is 0 Å². The van der Waals surface area contributed by atoms with E-state index < -0.39 is 0 Å². The maximum atomic E-state index is 4.49. The molecule has 0 radical (unpaired) electrons. The Labute approximate surface area is 99.7 Å². The smallest absolute Gasteiger partial charge is 0.181 e. The molecule has 17 heavy (non-hydrogen) atoms. The van der Waals surface area contributed by atoms with Crippen LogP contribution in [0.5, 0.6) is 0 Å². The zero-order valence-corrected chi connectivity index (χ0v) is 9.77. The van der Waals surface area contributed by atoms with E-state index in [9.17, 15) is 0 Å². The number of hydrogen-bond acceptors (Lipinski definition) is 4. The Bertz CT molecular complexity index is 502. The molecule has 2 heterocycles. The van der Waals surface area contributed by atoms with Crippen molar-refractivity contribution in [2.75, 3.05) is 5.32 Å². The van der Waals surface area contributed by atoms with Crippen molar-refractivity contribution in [1.82, 2.24) is 20.2 Å². The number of anilines is 1. The third-order valence-electron chi connectivity index (χ3n) is 3.08. The molecule has 1 aliphatic carbocycles. The fourth-order valence-electron chi connectivity index (χ4n) is 1.98. The third-order valence-corrected chi connectivity index (χ3v) is 3.08. The van der Waals surface area contributed by atoms with Crippen molar-refractivity contribution < 1.29 is 0 Å². The highest BCUT2D eigenvalue weighted by Crippen LogP contribution is 2.24. The molecule has 0 aliphatic heterocycles. The van der Waals surface area contributed by atoms with Gasteiger partial charge in [0.25, 0.3) is 0 Å². The molecule has 5 heteroatoms. The van der Waals surface area contributed by atoms with Crippen LogP contribution in [0.25, 0.3) is 11.4 Å². The second kappa shape index (κ2) is 4.16. The van der Waals surface area contributed by atoms with Crippen molar-refractivity contribution in [3.8, 4) is 11.4 Å². The van der Waals surface area contributed by atoms with Crippen LogP contribution >= 0.6 is 0 Å². The lowest BCUT2D eigenvalue weighted by molar-refractivity contribution is 0.444. The Morgan fingerprint density at radius 1 is 1.35 bits per heavy atom. The molecule has 1 saturated carbocycles. The summed E-state index contributed by atoms with van der Waals surface area (Å²) >= 11 is 0. The Morgan fingerprint density at radius 3 is 2.88 bits per heavy atom. The molecule has 88 valence electrons. The van der Waals surface area contributed by atoms with Crippen molar-refractivity contribution in [3.05, 3.63) is 24.2 Å². The average Bonchev–Trinajstić information content (AvgIpc) is 2.76. The maximum absolute atomic E-state index is 4.49. The van der Waals surface area contributed by atoms with Gasteiger partial charge in [0.05, 0.1) is 0 Å². The van der Waals surface area contributed by atoms with Gasteiger partial charge in [0.2, 0.25) is 0 Å². The SMILES string of the molecule is Cc1cc(-c2nc[nH]n2)cc(NC2CCC2)n1. The van der Waals surface area contributed by atoms with Gasteiger partial charge in [0.1, 0.15) is 12.1 Å². The molecule has 1 aliphatic rings. The summed E-state index contributed by atoms with van der Waals surface area (Å²) < 4.78 is 0. The van der Waals surface area contributed by atoms with Crippen LogP contribution in [0.15, 0.2) is 18.5 Å². The second-order valence-corrected chi connectivity index (χ2v) is 4.48. The molecule has 5 nitrogen and oxygen atoms in total. The normalized spacial score (nSPS) is 15.6. The minimum Gasteiger partial charge on any atom is -0.367 e. The first-order chi connectivity index (χ1) is 8.31. The van der Waals surface area contributed by atoms with Crippen LogP contribution in [0, 0.1) is 6.92 Å². The molecule has 0 aromatic carbocycles. The highest BCUT2D eigenvalue weighted by molar-refractivity contribution is 5.60. The van der Waals surface area contributed by atoms with Gasteiger partial charge in [0, 0.05) is 17.3 Å². The van der Waals surface area contributed by atoms with Crippen LogP contribution in [-0.4, -0.2) is 26.2 Å². The maximum Gasteiger partial charge on any atom is 0.181 e. The Kier molecular flexibility index (Phi) is 2.51. The summed E-state index contributed by atoms with van der Waals surface area (Å²) in [7, 11) is 0.